The van der Waals surface area contributed by atoms with Crippen LogP contribution in [0, 0.1) is 0 Å². The van der Waals surface area contributed by atoms with Gasteiger partial charge in [0.05, 0.1) is 6.04 Å². The molecule has 0 aliphatic carbocycles. The summed E-state index contributed by atoms with van der Waals surface area (Å²) in [6.45, 7) is 1.05. The standard InChI is InChI=1S/C19H24N4O/c1-22-12-10-15(21-22)19(24)23-17-9-5-6-11-20-16(17)13-18(23)14-7-3-2-4-8-14/h2-4,7-8,10,12,16-18,20H,5-6,9,11,13H2,1H3/t16-,17+,18+/m1/s1. The van der Waals surface area contributed by atoms with E-state index < -0.39 is 0 Å². The van der Waals surface area contributed by atoms with Crippen molar-refractivity contribution >= 4 is 5.91 Å². The Kier molecular flexibility index (Phi) is 4.10. The number of carbonyl (C=O) groups excluding carboxylic acids is 1. The smallest absolute Gasteiger partial charge is 0.275 e. The van der Waals surface area contributed by atoms with E-state index in [1.807, 2.05) is 25.4 Å². The van der Waals surface area contributed by atoms with Crippen molar-refractivity contribution in [3.63, 3.8) is 0 Å². The number of amides is 1. The van der Waals surface area contributed by atoms with E-state index in [0.717, 1.165) is 19.4 Å². The summed E-state index contributed by atoms with van der Waals surface area (Å²) in [6, 6.07) is 13.0. The summed E-state index contributed by atoms with van der Waals surface area (Å²) in [6.07, 6.45) is 6.24. The first-order valence-electron chi connectivity index (χ1n) is 8.84. The summed E-state index contributed by atoms with van der Waals surface area (Å²) in [5.41, 5.74) is 1.76. The quantitative estimate of drug-likeness (QED) is 0.923. The summed E-state index contributed by atoms with van der Waals surface area (Å²) >= 11 is 0. The van der Waals surface area contributed by atoms with Crippen LogP contribution in [0.1, 0.15) is 47.8 Å². The highest BCUT2D eigenvalue weighted by Gasteiger charge is 2.45. The molecule has 1 aromatic carbocycles. The highest BCUT2D eigenvalue weighted by atomic mass is 16.2. The molecule has 0 radical (unpaired) electrons. The number of rotatable bonds is 2. The molecule has 1 N–H and O–H groups in total. The van der Waals surface area contributed by atoms with Crippen molar-refractivity contribution < 1.29 is 4.79 Å². The van der Waals surface area contributed by atoms with Crippen molar-refractivity contribution in [2.75, 3.05) is 6.54 Å². The van der Waals surface area contributed by atoms with Crippen molar-refractivity contribution in [3.05, 3.63) is 53.9 Å². The van der Waals surface area contributed by atoms with Gasteiger partial charge in [-0.1, -0.05) is 36.8 Å². The van der Waals surface area contributed by atoms with Gasteiger partial charge in [0, 0.05) is 25.3 Å². The average molecular weight is 324 g/mol. The molecule has 5 heteroatoms. The van der Waals surface area contributed by atoms with Crippen molar-refractivity contribution in [3.8, 4) is 0 Å². The second kappa shape index (κ2) is 6.40. The van der Waals surface area contributed by atoms with Crippen LogP contribution in [0.4, 0.5) is 0 Å². The monoisotopic (exact) mass is 324 g/mol. The van der Waals surface area contributed by atoms with E-state index in [1.54, 1.807) is 4.68 Å². The van der Waals surface area contributed by atoms with E-state index in [-0.39, 0.29) is 18.0 Å². The van der Waals surface area contributed by atoms with Gasteiger partial charge in [-0.05, 0) is 37.4 Å². The largest absolute Gasteiger partial charge is 0.326 e. The number of fused-ring (bicyclic) bond motifs is 1. The van der Waals surface area contributed by atoms with Gasteiger partial charge in [0.25, 0.3) is 5.91 Å². The molecule has 0 spiro atoms. The van der Waals surface area contributed by atoms with Crippen LogP contribution in [0.5, 0.6) is 0 Å². The normalized spacial score (nSPS) is 26.9. The maximum Gasteiger partial charge on any atom is 0.275 e. The van der Waals surface area contributed by atoms with Crippen LogP contribution in [0.2, 0.25) is 0 Å². The summed E-state index contributed by atoms with van der Waals surface area (Å²) in [5, 5.41) is 8.01. The number of aromatic nitrogens is 2. The minimum atomic E-state index is 0.0562. The number of carbonyl (C=O) groups is 1. The first-order chi connectivity index (χ1) is 11.7. The predicted molar refractivity (Wildman–Crippen MR) is 92.6 cm³/mol. The maximum atomic E-state index is 13.2. The molecular weight excluding hydrogens is 300 g/mol. The molecule has 0 saturated carbocycles. The number of hydrogen-bond donors (Lipinski definition) is 1. The Hall–Kier alpha value is -2.14. The highest BCUT2D eigenvalue weighted by molar-refractivity contribution is 5.93. The molecule has 24 heavy (non-hydrogen) atoms. The van der Waals surface area contributed by atoms with Gasteiger partial charge >= 0.3 is 0 Å². The third-order valence-electron chi connectivity index (χ3n) is 5.32. The molecule has 4 rings (SSSR count). The van der Waals surface area contributed by atoms with Gasteiger partial charge in [-0.2, -0.15) is 5.10 Å². The van der Waals surface area contributed by atoms with Crippen LogP contribution >= 0.6 is 0 Å². The van der Waals surface area contributed by atoms with Crippen LogP contribution in [0.15, 0.2) is 42.6 Å². The van der Waals surface area contributed by atoms with Crippen LogP contribution < -0.4 is 5.32 Å². The predicted octanol–water partition coefficient (Wildman–Crippen LogP) is 2.52. The van der Waals surface area contributed by atoms with Crippen LogP contribution in [-0.2, 0) is 7.05 Å². The molecule has 2 aromatic rings. The number of benzene rings is 1. The van der Waals surface area contributed by atoms with E-state index in [9.17, 15) is 4.79 Å². The van der Waals surface area contributed by atoms with E-state index >= 15 is 0 Å². The minimum absolute atomic E-state index is 0.0562. The van der Waals surface area contributed by atoms with E-state index in [4.69, 9.17) is 0 Å². The molecule has 3 heterocycles. The fraction of sp³-hybridized carbons (Fsp3) is 0.474. The lowest BCUT2D eigenvalue weighted by Gasteiger charge is -2.31. The zero-order valence-corrected chi connectivity index (χ0v) is 14.1. The number of hydrogen-bond acceptors (Lipinski definition) is 3. The van der Waals surface area contributed by atoms with Gasteiger partial charge in [-0.25, -0.2) is 0 Å². The minimum Gasteiger partial charge on any atom is -0.326 e. The Morgan fingerprint density at radius 2 is 2.04 bits per heavy atom. The molecule has 126 valence electrons. The second-order valence-electron chi connectivity index (χ2n) is 6.87. The average Bonchev–Trinajstić information content (AvgIpc) is 3.12. The maximum absolute atomic E-state index is 13.2. The van der Waals surface area contributed by atoms with Crippen LogP contribution in [-0.4, -0.2) is 39.2 Å². The molecule has 1 amide bonds. The molecular formula is C19H24N4O. The van der Waals surface area contributed by atoms with Gasteiger partial charge in [0.1, 0.15) is 5.69 Å². The molecule has 2 aliphatic rings. The van der Waals surface area contributed by atoms with E-state index in [0.29, 0.717) is 11.7 Å². The van der Waals surface area contributed by atoms with Crippen molar-refractivity contribution in [2.45, 2.75) is 43.8 Å². The van der Waals surface area contributed by atoms with Crippen molar-refractivity contribution in [1.82, 2.24) is 20.0 Å². The van der Waals surface area contributed by atoms with E-state index in [2.05, 4.69) is 39.6 Å². The summed E-state index contributed by atoms with van der Waals surface area (Å²) < 4.78 is 1.70. The zero-order valence-electron chi connectivity index (χ0n) is 14.1. The fourth-order valence-electron chi connectivity index (χ4n) is 4.19. The summed E-state index contributed by atoms with van der Waals surface area (Å²) in [5.74, 6) is 0.0562. The molecule has 0 bridgehead atoms. The Morgan fingerprint density at radius 3 is 2.79 bits per heavy atom. The zero-order chi connectivity index (χ0) is 16.5. The van der Waals surface area contributed by atoms with Gasteiger partial charge in [-0.15, -0.1) is 0 Å². The Labute approximate surface area is 142 Å². The molecule has 5 nitrogen and oxygen atoms in total. The number of nitrogens with one attached hydrogen (secondary N) is 1. The van der Waals surface area contributed by atoms with Gasteiger partial charge in [0.15, 0.2) is 0 Å². The molecule has 3 atom stereocenters. The highest BCUT2D eigenvalue weighted by Crippen LogP contribution is 2.40. The molecule has 2 fully saturated rings. The molecule has 0 unspecified atom stereocenters. The van der Waals surface area contributed by atoms with Crippen LogP contribution in [0.25, 0.3) is 0 Å². The van der Waals surface area contributed by atoms with Crippen molar-refractivity contribution in [1.29, 1.82) is 0 Å². The van der Waals surface area contributed by atoms with Gasteiger partial charge in [-0.3, -0.25) is 9.48 Å². The number of nitrogens with zero attached hydrogens (tertiary/aromatic N) is 3. The van der Waals surface area contributed by atoms with Gasteiger partial charge in [0.2, 0.25) is 0 Å². The number of likely N-dealkylation sites (tertiary alicyclic amines) is 1. The Bertz CT molecular complexity index is 711. The second-order valence-corrected chi connectivity index (χ2v) is 6.87. The van der Waals surface area contributed by atoms with E-state index in [1.165, 1.54) is 18.4 Å². The lowest BCUT2D eigenvalue weighted by molar-refractivity contribution is 0.0643. The fourth-order valence-corrected chi connectivity index (χ4v) is 4.19. The van der Waals surface area contributed by atoms with Gasteiger partial charge < -0.3 is 10.2 Å². The first-order valence-corrected chi connectivity index (χ1v) is 8.84. The molecule has 1 aromatic heterocycles. The topological polar surface area (TPSA) is 50.2 Å². The molecule has 2 saturated heterocycles. The van der Waals surface area contributed by atoms with Crippen molar-refractivity contribution in [2.24, 2.45) is 7.05 Å². The first kappa shape index (κ1) is 15.4. The third-order valence-corrected chi connectivity index (χ3v) is 5.32. The lowest BCUT2D eigenvalue weighted by Crippen LogP contribution is -2.44. The number of aryl methyl sites for hydroxylation is 1. The lowest BCUT2D eigenvalue weighted by atomic mass is 10.0. The summed E-state index contributed by atoms with van der Waals surface area (Å²) in [7, 11) is 1.85. The van der Waals surface area contributed by atoms with Crippen LogP contribution in [0.3, 0.4) is 0 Å². The SMILES string of the molecule is Cn1ccc(C(=O)N2[C@H](c3ccccc3)C[C@H]3NCCCC[C@@H]32)n1. The summed E-state index contributed by atoms with van der Waals surface area (Å²) in [4.78, 5) is 15.3. The Morgan fingerprint density at radius 1 is 1.21 bits per heavy atom. The molecule has 2 aliphatic heterocycles. The Balaban J connectivity index is 1.70. The third kappa shape index (κ3) is 2.73.